The lowest BCUT2D eigenvalue weighted by atomic mass is 9.94. The van der Waals surface area contributed by atoms with Gasteiger partial charge < -0.3 is 0 Å². The van der Waals surface area contributed by atoms with Gasteiger partial charge in [0, 0.05) is 5.41 Å². The Kier molecular flexibility index (Phi) is 4.68. The molecule has 1 heteroatoms. The second-order valence-corrected chi connectivity index (χ2v) is 5.23. The van der Waals surface area contributed by atoms with Crippen LogP contribution in [0.25, 0.3) is 0 Å². The molecule has 0 aliphatic rings. The summed E-state index contributed by atoms with van der Waals surface area (Å²) >= 11 is 0. The largest absolute Gasteiger partial charge is 0.288 e. The Morgan fingerprint density at radius 2 is 1.29 bits per heavy atom. The third kappa shape index (κ3) is 4.67. The van der Waals surface area contributed by atoms with Gasteiger partial charge in [-0.3, -0.25) is 4.90 Å². The highest BCUT2D eigenvalue weighted by atomic mass is 15.2. The molecule has 0 heterocycles. The molecular formula is C13H25N. The van der Waals surface area contributed by atoms with Gasteiger partial charge in [0.1, 0.15) is 0 Å². The van der Waals surface area contributed by atoms with Crippen LogP contribution in [0.1, 0.15) is 48.5 Å². The van der Waals surface area contributed by atoms with Crippen molar-refractivity contribution >= 4 is 0 Å². The van der Waals surface area contributed by atoms with Gasteiger partial charge in [-0.05, 0) is 47.7 Å². The van der Waals surface area contributed by atoms with E-state index in [-0.39, 0.29) is 11.0 Å². The molecule has 0 aliphatic heterocycles. The lowest BCUT2D eigenvalue weighted by Gasteiger charge is -2.32. The van der Waals surface area contributed by atoms with E-state index in [9.17, 15) is 0 Å². The topological polar surface area (TPSA) is 3.24 Å². The molecule has 0 aromatic rings. The van der Waals surface area contributed by atoms with Crippen molar-refractivity contribution in [3.8, 4) is 11.8 Å². The molecule has 0 rings (SSSR count). The summed E-state index contributed by atoms with van der Waals surface area (Å²) in [4.78, 5) is 2.38. The molecule has 0 atom stereocenters. The molecule has 0 aromatic carbocycles. The zero-order valence-corrected chi connectivity index (χ0v) is 10.9. The summed E-state index contributed by atoms with van der Waals surface area (Å²) in [6, 6.07) is 0. The maximum atomic E-state index is 3.38. The molecule has 82 valence electrons. The van der Waals surface area contributed by atoms with Crippen LogP contribution >= 0.6 is 0 Å². The molecule has 0 N–H and O–H groups in total. The first-order chi connectivity index (χ1) is 6.23. The van der Waals surface area contributed by atoms with Gasteiger partial charge in [-0.25, -0.2) is 0 Å². The van der Waals surface area contributed by atoms with Crippen LogP contribution in [-0.4, -0.2) is 23.5 Å². The monoisotopic (exact) mass is 195 g/mol. The van der Waals surface area contributed by atoms with E-state index in [1.54, 1.807) is 0 Å². The number of rotatable bonds is 3. The van der Waals surface area contributed by atoms with Crippen molar-refractivity contribution in [3.63, 3.8) is 0 Å². The summed E-state index contributed by atoms with van der Waals surface area (Å²) in [5.74, 6) is 6.70. The van der Waals surface area contributed by atoms with Gasteiger partial charge in [-0.15, -0.1) is 0 Å². The van der Waals surface area contributed by atoms with Crippen LogP contribution in [0.5, 0.6) is 0 Å². The SMILES string of the molecule is CCN(CC)C(C)(C)C#CC(C)(C)C. The Morgan fingerprint density at radius 1 is 0.857 bits per heavy atom. The van der Waals surface area contributed by atoms with E-state index < -0.39 is 0 Å². The van der Waals surface area contributed by atoms with Crippen LogP contribution < -0.4 is 0 Å². The van der Waals surface area contributed by atoms with Crippen LogP contribution in [0.2, 0.25) is 0 Å². The Bertz CT molecular complexity index is 218. The van der Waals surface area contributed by atoms with Gasteiger partial charge in [0.15, 0.2) is 0 Å². The van der Waals surface area contributed by atoms with Crippen LogP contribution in [0.3, 0.4) is 0 Å². The average molecular weight is 195 g/mol. The van der Waals surface area contributed by atoms with Crippen LogP contribution in [0.4, 0.5) is 0 Å². The molecule has 0 radical (unpaired) electrons. The fraction of sp³-hybridized carbons (Fsp3) is 0.846. The van der Waals surface area contributed by atoms with E-state index in [1.165, 1.54) is 0 Å². The first kappa shape index (κ1) is 13.5. The van der Waals surface area contributed by atoms with Crippen LogP contribution in [0, 0.1) is 17.3 Å². The van der Waals surface area contributed by atoms with Gasteiger partial charge in [-0.2, -0.15) is 0 Å². The Hall–Kier alpha value is -0.480. The molecule has 0 spiro atoms. The molecule has 0 amide bonds. The molecule has 0 saturated heterocycles. The molecule has 14 heavy (non-hydrogen) atoms. The van der Waals surface area contributed by atoms with Crippen molar-refractivity contribution < 1.29 is 0 Å². The van der Waals surface area contributed by atoms with Crippen molar-refractivity contribution in [1.82, 2.24) is 4.90 Å². The van der Waals surface area contributed by atoms with E-state index in [2.05, 4.69) is 65.2 Å². The molecule has 0 bridgehead atoms. The van der Waals surface area contributed by atoms with E-state index >= 15 is 0 Å². The molecule has 1 nitrogen and oxygen atoms in total. The third-order valence-electron chi connectivity index (χ3n) is 2.30. The Morgan fingerprint density at radius 3 is 1.57 bits per heavy atom. The molecule has 0 fully saturated rings. The van der Waals surface area contributed by atoms with Crippen molar-refractivity contribution in [2.24, 2.45) is 5.41 Å². The average Bonchev–Trinajstić information content (AvgIpc) is 2.02. The predicted octanol–water partition coefficient (Wildman–Crippen LogP) is 3.16. The van der Waals surface area contributed by atoms with Crippen LogP contribution in [-0.2, 0) is 0 Å². The maximum absolute atomic E-state index is 3.38. The highest BCUT2D eigenvalue weighted by molar-refractivity contribution is 5.18. The van der Waals surface area contributed by atoms with E-state index in [4.69, 9.17) is 0 Å². The van der Waals surface area contributed by atoms with Crippen molar-refractivity contribution in [2.45, 2.75) is 54.0 Å². The van der Waals surface area contributed by atoms with Gasteiger partial charge in [0.05, 0.1) is 5.54 Å². The summed E-state index contributed by atoms with van der Waals surface area (Å²) < 4.78 is 0. The van der Waals surface area contributed by atoms with Crippen molar-refractivity contribution in [2.75, 3.05) is 13.1 Å². The minimum Gasteiger partial charge on any atom is -0.288 e. The lowest BCUT2D eigenvalue weighted by Crippen LogP contribution is -2.42. The minimum atomic E-state index is -0.00319. The summed E-state index contributed by atoms with van der Waals surface area (Å²) in [5, 5.41) is 0. The summed E-state index contributed by atoms with van der Waals surface area (Å²) in [5.41, 5.74) is 0.0984. The number of nitrogens with zero attached hydrogens (tertiary/aromatic N) is 1. The second kappa shape index (κ2) is 4.84. The smallest absolute Gasteiger partial charge is 0.0768 e. The normalized spacial score (nSPS) is 12.6. The third-order valence-corrected chi connectivity index (χ3v) is 2.30. The van der Waals surface area contributed by atoms with Gasteiger partial charge in [0.2, 0.25) is 0 Å². The molecule has 0 aromatic heterocycles. The maximum Gasteiger partial charge on any atom is 0.0768 e. The number of hydrogen-bond donors (Lipinski definition) is 0. The first-order valence-corrected chi connectivity index (χ1v) is 5.52. The quantitative estimate of drug-likeness (QED) is 0.625. The fourth-order valence-electron chi connectivity index (χ4n) is 1.43. The molecular weight excluding hydrogens is 170 g/mol. The van der Waals surface area contributed by atoms with E-state index in [0.717, 1.165) is 13.1 Å². The van der Waals surface area contributed by atoms with Gasteiger partial charge >= 0.3 is 0 Å². The van der Waals surface area contributed by atoms with Crippen molar-refractivity contribution in [1.29, 1.82) is 0 Å². The second-order valence-electron chi connectivity index (χ2n) is 5.23. The summed E-state index contributed by atoms with van der Waals surface area (Å²) in [6.45, 7) is 17.3. The zero-order chi connectivity index (χ0) is 11.4. The Balaban J connectivity index is 4.67. The molecule has 0 aliphatic carbocycles. The summed E-state index contributed by atoms with van der Waals surface area (Å²) in [7, 11) is 0. The van der Waals surface area contributed by atoms with Gasteiger partial charge in [0.25, 0.3) is 0 Å². The first-order valence-electron chi connectivity index (χ1n) is 5.52. The standard InChI is InChI=1S/C13H25N/c1-8-14(9-2)13(6,7)11-10-12(3,4)5/h8-9H2,1-7H3. The Labute approximate surface area is 89.9 Å². The molecule has 0 unspecified atom stereocenters. The number of hydrogen-bond acceptors (Lipinski definition) is 1. The van der Waals surface area contributed by atoms with E-state index in [0.29, 0.717) is 0 Å². The molecule has 0 saturated carbocycles. The van der Waals surface area contributed by atoms with Gasteiger partial charge in [-0.1, -0.05) is 25.7 Å². The predicted molar refractivity (Wildman–Crippen MR) is 64.2 cm³/mol. The highest BCUT2D eigenvalue weighted by Crippen LogP contribution is 2.15. The zero-order valence-electron chi connectivity index (χ0n) is 10.9. The lowest BCUT2D eigenvalue weighted by molar-refractivity contribution is 0.189. The summed E-state index contributed by atoms with van der Waals surface area (Å²) in [6.07, 6.45) is 0. The van der Waals surface area contributed by atoms with Crippen molar-refractivity contribution in [3.05, 3.63) is 0 Å². The van der Waals surface area contributed by atoms with Crippen LogP contribution in [0.15, 0.2) is 0 Å². The highest BCUT2D eigenvalue weighted by Gasteiger charge is 2.21. The fourth-order valence-corrected chi connectivity index (χ4v) is 1.43. The minimum absolute atomic E-state index is 0.00319. The van der Waals surface area contributed by atoms with E-state index in [1.807, 2.05) is 0 Å².